The van der Waals surface area contributed by atoms with Crippen LogP contribution in [0.25, 0.3) is 10.9 Å². The number of aryl methyl sites for hydroxylation is 1. The first kappa shape index (κ1) is 23.2. The average Bonchev–Trinajstić information content (AvgIpc) is 3.59. The van der Waals surface area contributed by atoms with Gasteiger partial charge in [0.2, 0.25) is 5.88 Å². The normalized spacial score (nSPS) is 16.5. The van der Waals surface area contributed by atoms with Crippen LogP contribution in [0, 0.1) is 5.82 Å². The number of carbonyl (C=O) groups excluding carboxylic acids is 1. The van der Waals surface area contributed by atoms with Crippen molar-refractivity contribution < 1.29 is 31.8 Å². The van der Waals surface area contributed by atoms with Crippen molar-refractivity contribution in [1.29, 1.82) is 0 Å². The minimum atomic E-state index is -4.66. The summed E-state index contributed by atoms with van der Waals surface area (Å²) in [5.41, 5.74) is 6.87. The first-order valence-corrected chi connectivity index (χ1v) is 11.1. The predicted molar refractivity (Wildman–Crippen MR) is 122 cm³/mol. The third kappa shape index (κ3) is 3.73. The van der Waals surface area contributed by atoms with Crippen molar-refractivity contribution in [3.63, 3.8) is 0 Å². The van der Waals surface area contributed by atoms with Crippen LogP contribution in [-0.4, -0.2) is 32.3 Å². The second kappa shape index (κ2) is 8.13. The van der Waals surface area contributed by atoms with E-state index in [1.807, 2.05) is 0 Å². The van der Waals surface area contributed by atoms with Crippen molar-refractivity contribution in [3.05, 3.63) is 70.4 Å². The molecule has 0 spiro atoms. The molecule has 6 rings (SSSR count). The van der Waals surface area contributed by atoms with Crippen molar-refractivity contribution >= 4 is 28.3 Å². The molecule has 2 aliphatic rings. The van der Waals surface area contributed by atoms with E-state index in [2.05, 4.69) is 15.1 Å². The van der Waals surface area contributed by atoms with E-state index in [4.69, 9.17) is 15.2 Å². The number of pyridine rings is 2. The molecule has 0 bridgehead atoms. The Morgan fingerprint density at radius 1 is 1.19 bits per heavy atom. The Kier molecular flexibility index (Phi) is 5.09. The minimum absolute atomic E-state index is 0.180. The van der Waals surface area contributed by atoms with E-state index in [0.717, 1.165) is 17.7 Å². The monoisotopic (exact) mass is 514 g/mol. The van der Waals surface area contributed by atoms with Gasteiger partial charge in [0.05, 0.1) is 36.2 Å². The number of nitrogen functional groups attached to an aromatic ring is 1. The number of anilines is 2. The van der Waals surface area contributed by atoms with Gasteiger partial charge in [0, 0.05) is 35.8 Å². The summed E-state index contributed by atoms with van der Waals surface area (Å²) < 4.78 is 67.2. The number of amides is 1. The molecule has 9 nitrogen and oxygen atoms in total. The van der Waals surface area contributed by atoms with Gasteiger partial charge in [-0.25, -0.2) is 14.4 Å². The molecule has 2 aliphatic heterocycles. The number of hydrogen-bond donors (Lipinski definition) is 1. The summed E-state index contributed by atoms with van der Waals surface area (Å²) >= 11 is 0. The van der Waals surface area contributed by atoms with Gasteiger partial charge >= 0.3 is 6.18 Å². The van der Waals surface area contributed by atoms with Crippen LogP contribution in [0.15, 0.2) is 36.7 Å². The number of aromatic nitrogens is 4. The van der Waals surface area contributed by atoms with Crippen LogP contribution in [0.2, 0.25) is 0 Å². The molecular weight excluding hydrogens is 496 g/mol. The lowest BCUT2D eigenvalue weighted by Crippen LogP contribution is -2.36. The van der Waals surface area contributed by atoms with E-state index in [1.165, 1.54) is 27.9 Å². The maximum atomic E-state index is 15.4. The lowest BCUT2D eigenvalue weighted by atomic mass is 10.0. The Morgan fingerprint density at radius 3 is 2.70 bits per heavy atom. The Morgan fingerprint density at radius 2 is 1.97 bits per heavy atom. The summed E-state index contributed by atoms with van der Waals surface area (Å²) in [5.74, 6) is -1.57. The van der Waals surface area contributed by atoms with E-state index >= 15 is 4.39 Å². The van der Waals surface area contributed by atoms with Crippen LogP contribution in [0.4, 0.5) is 29.1 Å². The fourth-order valence-electron chi connectivity index (χ4n) is 4.70. The van der Waals surface area contributed by atoms with Crippen LogP contribution in [0.3, 0.4) is 0 Å². The molecule has 1 amide bonds. The van der Waals surface area contributed by atoms with E-state index in [0.29, 0.717) is 16.6 Å². The number of hydrogen-bond acceptors (Lipinski definition) is 7. The summed E-state index contributed by atoms with van der Waals surface area (Å²) in [6.07, 6.45) is -1.72. The Bertz CT molecular complexity index is 1590. The Hall–Kier alpha value is -4.26. The highest BCUT2D eigenvalue weighted by atomic mass is 19.4. The number of halogens is 4. The highest BCUT2D eigenvalue weighted by Gasteiger charge is 2.40. The SMILES string of the molecule is Cn1cc(N(C(=O)c2cc3c4c(c(N)nc3cc2F)COC4)[C@@H]2COc3nc(C(F)(F)F)ccc32)cn1. The third-order valence-corrected chi connectivity index (χ3v) is 6.47. The summed E-state index contributed by atoms with van der Waals surface area (Å²) in [4.78, 5) is 23.0. The van der Waals surface area contributed by atoms with Crippen molar-refractivity contribution in [2.75, 3.05) is 17.2 Å². The van der Waals surface area contributed by atoms with Gasteiger partial charge in [-0.15, -0.1) is 0 Å². The molecule has 0 fully saturated rings. The number of fused-ring (bicyclic) bond motifs is 4. The molecular formula is C24H18F4N6O3. The Balaban J connectivity index is 1.47. The zero-order valence-electron chi connectivity index (χ0n) is 19.2. The quantitative estimate of drug-likeness (QED) is 0.413. The van der Waals surface area contributed by atoms with E-state index in [9.17, 15) is 18.0 Å². The largest absolute Gasteiger partial charge is 0.475 e. The minimum Gasteiger partial charge on any atom is -0.475 e. The van der Waals surface area contributed by atoms with Crippen LogP contribution in [-0.2, 0) is 31.2 Å². The Labute approximate surface area is 206 Å². The molecule has 0 radical (unpaired) electrons. The summed E-state index contributed by atoms with van der Waals surface area (Å²) in [5, 5.41) is 4.63. The molecule has 37 heavy (non-hydrogen) atoms. The molecule has 0 saturated carbocycles. The van der Waals surface area contributed by atoms with Gasteiger partial charge in [-0.05, 0) is 23.8 Å². The zero-order valence-corrected chi connectivity index (χ0v) is 19.2. The van der Waals surface area contributed by atoms with Crippen molar-refractivity contribution in [2.45, 2.75) is 25.4 Å². The van der Waals surface area contributed by atoms with E-state index in [-0.39, 0.29) is 48.2 Å². The molecule has 13 heteroatoms. The summed E-state index contributed by atoms with van der Waals surface area (Å²) in [6, 6.07) is 3.69. The highest BCUT2D eigenvalue weighted by molar-refractivity contribution is 6.09. The second-order valence-electron chi connectivity index (χ2n) is 8.76. The topological polar surface area (TPSA) is 108 Å². The molecule has 190 valence electrons. The molecule has 1 atom stereocenters. The van der Waals surface area contributed by atoms with Gasteiger partial charge in [0.1, 0.15) is 30.0 Å². The standard InChI is InChI=1S/C24H18F4N6O3/c1-33-7-11(6-30-33)34(19-10-37-22-12(19)2-3-20(32-22)24(26,27)28)23(35)14-4-13-15-8-36-9-16(15)21(29)31-18(13)5-17(14)25/h2-7,19H,8-10H2,1H3,(H2,29,31)/t19-/m1/s1. The van der Waals surface area contributed by atoms with Crippen molar-refractivity contribution in [1.82, 2.24) is 19.7 Å². The number of carbonyl (C=O) groups is 1. The van der Waals surface area contributed by atoms with E-state index < -0.39 is 29.6 Å². The van der Waals surface area contributed by atoms with Gasteiger partial charge in [-0.3, -0.25) is 14.4 Å². The van der Waals surface area contributed by atoms with Gasteiger partial charge in [0.25, 0.3) is 5.91 Å². The number of rotatable bonds is 3. The van der Waals surface area contributed by atoms with Gasteiger partial charge in [-0.1, -0.05) is 0 Å². The number of nitrogens with two attached hydrogens (primary N) is 1. The fraction of sp³-hybridized carbons (Fsp3) is 0.250. The first-order valence-electron chi connectivity index (χ1n) is 11.1. The molecule has 0 unspecified atom stereocenters. The lowest BCUT2D eigenvalue weighted by Gasteiger charge is -2.27. The fourth-order valence-corrected chi connectivity index (χ4v) is 4.70. The zero-order chi connectivity index (χ0) is 26.1. The maximum Gasteiger partial charge on any atom is 0.433 e. The molecule has 1 aromatic carbocycles. The first-order chi connectivity index (χ1) is 17.6. The molecule has 0 aliphatic carbocycles. The predicted octanol–water partition coefficient (Wildman–Crippen LogP) is 3.91. The number of nitrogens with zero attached hydrogens (tertiary/aromatic N) is 5. The van der Waals surface area contributed by atoms with Crippen LogP contribution in [0.5, 0.6) is 5.88 Å². The van der Waals surface area contributed by atoms with Gasteiger partial charge < -0.3 is 15.2 Å². The third-order valence-electron chi connectivity index (χ3n) is 6.47. The molecule has 4 aromatic rings. The van der Waals surface area contributed by atoms with Gasteiger partial charge in [-0.2, -0.15) is 18.3 Å². The number of alkyl halides is 3. The van der Waals surface area contributed by atoms with Crippen LogP contribution in [0.1, 0.15) is 38.8 Å². The van der Waals surface area contributed by atoms with Crippen LogP contribution >= 0.6 is 0 Å². The molecule has 3 aromatic heterocycles. The molecule has 2 N–H and O–H groups in total. The number of ether oxygens (including phenoxy) is 2. The lowest BCUT2D eigenvalue weighted by molar-refractivity contribution is -0.141. The summed E-state index contributed by atoms with van der Waals surface area (Å²) in [6.45, 7) is 0.317. The molecule has 0 saturated heterocycles. The maximum absolute atomic E-state index is 15.4. The molecule has 5 heterocycles. The van der Waals surface area contributed by atoms with Crippen molar-refractivity contribution in [3.8, 4) is 5.88 Å². The van der Waals surface area contributed by atoms with Crippen molar-refractivity contribution in [2.24, 2.45) is 7.05 Å². The van der Waals surface area contributed by atoms with Crippen LogP contribution < -0.4 is 15.4 Å². The van der Waals surface area contributed by atoms with Gasteiger partial charge in [0.15, 0.2) is 0 Å². The summed E-state index contributed by atoms with van der Waals surface area (Å²) in [7, 11) is 1.64. The highest BCUT2D eigenvalue weighted by Crippen LogP contribution is 2.41. The number of benzene rings is 1. The average molecular weight is 514 g/mol. The smallest absolute Gasteiger partial charge is 0.433 e. The second-order valence-corrected chi connectivity index (χ2v) is 8.76. The van der Waals surface area contributed by atoms with E-state index in [1.54, 1.807) is 13.2 Å².